The molecule has 17 heavy (non-hydrogen) atoms. The van der Waals surface area contributed by atoms with E-state index in [2.05, 4.69) is 37.5 Å². The second-order valence-electron chi connectivity index (χ2n) is 4.73. The third-order valence-corrected chi connectivity index (χ3v) is 4.49. The number of halogens is 1. The van der Waals surface area contributed by atoms with Gasteiger partial charge in [-0.15, -0.1) is 0 Å². The fourth-order valence-electron chi connectivity index (χ4n) is 2.44. The maximum absolute atomic E-state index is 9.16. The van der Waals surface area contributed by atoms with Crippen molar-refractivity contribution in [1.82, 2.24) is 14.7 Å². The summed E-state index contributed by atoms with van der Waals surface area (Å²) in [5, 5.41) is 13.7. The first-order chi connectivity index (χ1) is 8.15. The molecule has 2 heterocycles. The first-order valence-electron chi connectivity index (χ1n) is 6.20. The standard InChI is InChI=1S/C12H20BrN3O/c1-3-16-11(12(13)9(2)14-16)7-15-5-4-10(6-15)8-17/h10,17H,3-8H2,1-2H3. The Bertz CT molecular complexity index is 391. The van der Waals surface area contributed by atoms with Gasteiger partial charge in [-0.25, -0.2) is 0 Å². The molecule has 0 radical (unpaired) electrons. The molecule has 1 N–H and O–H groups in total. The Morgan fingerprint density at radius 2 is 2.29 bits per heavy atom. The van der Waals surface area contributed by atoms with Crippen LogP contribution in [0, 0.1) is 12.8 Å². The molecule has 1 aliphatic heterocycles. The van der Waals surface area contributed by atoms with Crippen LogP contribution in [0.1, 0.15) is 24.7 Å². The number of likely N-dealkylation sites (tertiary alicyclic amines) is 1. The zero-order valence-electron chi connectivity index (χ0n) is 10.5. The number of aromatic nitrogens is 2. The average molecular weight is 302 g/mol. The van der Waals surface area contributed by atoms with Crippen LogP contribution in [0.25, 0.3) is 0 Å². The monoisotopic (exact) mass is 301 g/mol. The third-order valence-electron chi connectivity index (χ3n) is 3.45. The van der Waals surface area contributed by atoms with Crippen molar-refractivity contribution in [1.29, 1.82) is 0 Å². The summed E-state index contributed by atoms with van der Waals surface area (Å²) in [6.45, 7) is 8.35. The normalized spacial score (nSPS) is 21.3. The van der Waals surface area contributed by atoms with Crippen LogP contribution < -0.4 is 0 Å². The van der Waals surface area contributed by atoms with Gasteiger partial charge in [0, 0.05) is 26.2 Å². The Morgan fingerprint density at radius 1 is 1.53 bits per heavy atom. The molecule has 0 aromatic carbocycles. The quantitative estimate of drug-likeness (QED) is 0.922. The minimum atomic E-state index is 0.309. The molecule has 1 saturated heterocycles. The van der Waals surface area contributed by atoms with Crippen molar-refractivity contribution in [2.45, 2.75) is 33.4 Å². The summed E-state index contributed by atoms with van der Waals surface area (Å²) in [6, 6.07) is 0. The maximum Gasteiger partial charge on any atom is 0.0739 e. The summed E-state index contributed by atoms with van der Waals surface area (Å²) < 4.78 is 3.19. The van der Waals surface area contributed by atoms with Crippen molar-refractivity contribution in [3.63, 3.8) is 0 Å². The molecule has 1 fully saturated rings. The van der Waals surface area contributed by atoms with Gasteiger partial charge < -0.3 is 5.11 Å². The maximum atomic E-state index is 9.16. The molecule has 4 nitrogen and oxygen atoms in total. The molecule has 0 spiro atoms. The van der Waals surface area contributed by atoms with E-state index in [1.54, 1.807) is 0 Å². The molecule has 1 aromatic heterocycles. The first kappa shape index (κ1) is 13.1. The zero-order valence-corrected chi connectivity index (χ0v) is 12.1. The Morgan fingerprint density at radius 3 is 2.88 bits per heavy atom. The molecule has 0 amide bonds. The largest absolute Gasteiger partial charge is 0.396 e. The fraction of sp³-hybridized carbons (Fsp3) is 0.750. The number of aliphatic hydroxyl groups excluding tert-OH is 1. The predicted octanol–water partition coefficient (Wildman–Crippen LogP) is 1.79. The molecule has 0 bridgehead atoms. The van der Waals surface area contributed by atoms with Gasteiger partial charge in [-0.2, -0.15) is 5.10 Å². The number of hydrogen-bond acceptors (Lipinski definition) is 3. The van der Waals surface area contributed by atoms with Crippen LogP contribution in [-0.4, -0.2) is 39.5 Å². The van der Waals surface area contributed by atoms with Crippen molar-refractivity contribution in [2.75, 3.05) is 19.7 Å². The summed E-state index contributed by atoms with van der Waals surface area (Å²) >= 11 is 3.62. The van der Waals surface area contributed by atoms with Gasteiger partial charge in [0.25, 0.3) is 0 Å². The van der Waals surface area contributed by atoms with Gasteiger partial charge in [0.15, 0.2) is 0 Å². The molecular formula is C12H20BrN3O. The lowest BCUT2D eigenvalue weighted by Gasteiger charge is -2.16. The molecule has 5 heteroatoms. The highest BCUT2D eigenvalue weighted by Gasteiger charge is 2.24. The van der Waals surface area contributed by atoms with E-state index in [9.17, 15) is 0 Å². The Balaban J connectivity index is 2.08. The minimum absolute atomic E-state index is 0.309. The average Bonchev–Trinajstić information content (AvgIpc) is 2.89. The van der Waals surface area contributed by atoms with Crippen LogP contribution >= 0.6 is 15.9 Å². The smallest absolute Gasteiger partial charge is 0.0739 e. The molecule has 1 atom stereocenters. The van der Waals surface area contributed by atoms with E-state index in [1.807, 2.05) is 6.92 Å². The highest BCUT2D eigenvalue weighted by atomic mass is 79.9. The van der Waals surface area contributed by atoms with Crippen molar-refractivity contribution in [3.05, 3.63) is 15.9 Å². The molecule has 0 aliphatic carbocycles. The van der Waals surface area contributed by atoms with Crippen LogP contribution in [0.2, 0.25) is 0 Å². The molecule has 1 aromatic rings. The van der Waals surface area contributed by atoms with Gasteiger partial charge in [0.05, 0.1) is 15.9 Å². The lowest BCUT2D eigenvalue weighted by molar-refractivity contribution is 0.218. The van der Waals surface area contributed by atoms with E-state index in [4.69, 9.17) is 5.11 Å². The molecular weight excluding hydrogens is 282 g/mol. The Hall–Kier alpha value is -0.390. The van der Waals surface area contributed by atoms with Gasteiger partial charge in [-0.3, -0.25) is 9.58 Å². The number of nitrogens with zero attached hydrogens (tertiary/aromatic N) is 3. The summed E-state index contributed by atoms with van der Waals surface area (Å²) in [4.78, 5) is 2.40. The fourth-order valence-corrected chi connectivity index (χ4v) is 2.85. The van der Waals surface area contributed by atoms with E-state index in [0.717, 1.165) is 42.8 Å². The second-order valence-corrected chi connectivity index (χ2v) is 5.53. The molecule has 1 unspecified atom stereocenters. The molecule has 1 aliphatic rings. The molecule has 2 rings (SSSR count). The predicted molar refractivity (Wildman–Crippen MR) is 70.8 cm³/mol. The van der Waals surface area contributed by atoms with Crippen molar-refractivity contribution < 1.29 is 5.11 Å². The minimum Gasteiger partial charge on any atom is -0.396 e. The van der Waals surface area contributed by atoms with Gasteiger partial charge >= 0.3 is 0 Å². The first-order valence-corrected chi connectivity index (χ1v) is 7.00. The van der Waals surface area contributed by atoms with Crippen LogP contribution in [0.4, 0.5) is 0 Å². The van der Waals surface area contributed by atoms with Gasteiger partial charge in [-0.1, -0.05) is 0 Å². The van der Waals surface area contributed by atoms with Crippen LogP contribution in [-0.2, 0) is 13.1 Å². The van der Waals surface area contributed by atoms with Crippen LogP contribution in [0.3, 0.4) is 0 Å². The highest BCUT2D eigenvalue weighted by Crippen LogP contribution is 2.25. The topological polar surface area (TPSA) is 41.3 Å². The Kier molecular flexibility index (Phi) is 4.22. The third kappa shape index (κ3) is 2.72. The number of hydrogen-bond donors (Lipinski definition) is 1. The lowest BCUT2D eigenvalue weighted by Crippen LogP contribution is -2.23. The van der Waals surface area contributed by atoms with Crippen LogP contribution in [0.5, 0.6) is 0 Å². The zero-order chi connectivity index (χ0) is 12.4. The van der Waals surface area contributed by atoms with E-state index in [1.165, 1.54) is 5.69 Å². The highest BCUT2D eigenvalue weighted by molar-refractivity contribution is 9.10. The molecule has 0 saturated carbocycles. The Labute approximate surface area is 111 Å². The summed E-state index contributed by atoms with van der Waals surface area (Å²) in [6.07, 6.45) is 1.10. The van der Waals surface area contributed by atoms with Crippen molar-refractivity contribution in [2.24, 2.45) is 5.92 Å². The second kappa shape index (κ2) is 5.50. The van der Waals surface area contributed by atoms with Gasteiger partial charge in [0.2, 0.25) is 0 Å². The van der Waals surface area contributed by atoms with E-state index >= 15 is 0 Å². The number of aliphatic hydroxyl groups is 1. The SMILES string of the molecule is CCn1nc(C)c(Br)c1CN1CCC(CO)C1. The summed E-state index contributed by atoms with van der Waals surface area (Å²) in [5.74, 6) is 0.452. The molecule has 96 valence electrons. The van der Waals surface area contributed by atoms with Gasteiger partial charge in [-0.05, 0) is 48.7 Å². The van der Waals surface area contributed by atoms with E-state index in [0.29, 0.717) is 12.5 Å². The van der Waals surface area contributed by atoms with Gasteiger partial charge in [0.1, 0.15) is 0 Å². The van der Waals surface area contributed by atoms with Crippen LogP contribution in [0.15, 0.2) is 4.47 Å². The summed E-state index contributed by atoms with van der Waals surface area (Å²) in [5.41, 5.74) is 2.31. The van der Waals surface area contributed by atoms with E-state index < -0.39 is 0 Å². The number of rotatable bonds is 4. The van der Waals surface area contributed by atoms with E-state index in [-0.39, 0.29) is 0 Å². The summed E-state index contributed by atoms with van der Waals surface area (Å²) in [7, 11) is 0. The van der Waals surface area contributed by atoms with Crippen molar-refractivity contribution >= 4 is 15.9 Å². The number of aryl methyl sites for hydroxylation is 2. The van der Waals surface area contributed by atoms with Crippen molar-refractivity contribution in [3.8, 4) is 0 Å². The lowest BCUT2D eigenvalue weighted by atomic mass is 10.1.